The van der Waals surface area contributed by atoms with Gasteiger partial charge in [0, 0.05) is 19.1 Å². The molecule has 5 nitrogen and oxygen atoms in total. The van der Waals surface area contributed by atoms with E-state index in [-0.39, 0.29) is 11.8 Å². The van der Waals surface area contributed by atoms with E-state index in [2.05, 4.69) is 35.6 Å². The topological polar surface area (TPSA) is 45.9 Å². The summed E-state index contributed by atoms with van der Waals surface area (Å²) in [7, 11) is 5.58. The zero-order valence-electron chi connectivity index (χ0n) is 12.0. The molecule has 1 aliphatic rings. The number of methoxy groups -OCH3 is 1. The van der Waals surface area contributed by atoms with Gasteiger partial charge in [-0.1, -0.05) is 0 Å². The zero-order chi connectivity index (χ0) is 14.0. The first-order valence-electron chi connectivity index (χ1n) is 6.61. The summed E-state index contributed by atoms with van der Waals surface area (Å²) in [5, 5.41) is 0. The predicted octanol–water partition coefficient (Wildman–Crippen LogP) is 1.76. The lowest BCUT2D eigenvalue weighted by Crippen LogP contribution is -2.32. The molecule has 2 atom stereocenters. The smallest absolute Gasteiger partial charge is 0.373 e. The summed E-state index contributed by atoms with van der Waals surface area (Å²) in [6.45, 7) is 4.19. The van der Waals surface area contributed by atoms with Gasteiger partial charge in [-0.2, -0.15) is 0 Å². The Kier molecular flexibility index (Phi) is 4.27. The molecule has 1 saturated heterocycles. The number of carbonyl (C=O) groups excluding carboxylic acids is 1. The minimum Gasteiger partial charge on any atom is -0.463 e. The minimum atomic E-state index is -0.425. The fraction of sp³-hybridized carbons (Fsp3) is 0.643. The zero-order valence-corrected chi connectivity index (χ0v) is 12.0. The molecule has 5 heteroatoms. The second-order valence-corrected chi connectivity index (χ2v) is 5.27. The Hall–Kier alpha value is -1.33. The Labute approximate surface area is 114 Å². The van der Waals surface area contributed by atoms with Crippen molar-refractivity contribution in [2.75, 3.05) is 34.3 Å². The molecule has 106 valence electrons. The summed E-state index contributed by atoms with van der Waals surface area (Å²) < 4.78 is 10.2. The van der Waals surface area contributed by atoms with E-state index < -0.39 is 5.97 Å². The Balaban J connectivity index is 2.02. The molecule has 19 heavy (non-hydrogen) atoms. The number of carbonyl (C=O) groups is 1. The van der Waals surface area contributed by atoms with Crippen molar-refractivity contribution in [3.63, 3.8) is 0 Å². The molecule has 1 aromatic heterocycles. The van der Waals surface area contributed by atoms with E-state index in [1.807, 2.05) is 6.07 Å². The Morgan fingerprint density at radius 3 is 2.84 bits per heavy atom. The highest BCUT2D eigenvalue weighted by atomic mass is 16.5. The van der Waals surface area contributed by atoms with E-state index in [4.69, 9.17) is 4.42 Å². The molecule has 0 spiro atoms. The molecule has 1 fully saturated rings. The highest BCUT2D eigenvalue weighted by molar-refractivity contribution is 5.86. The number of hydrogen-bond acceptors (Lipinski definition) is 5. The summed E-state index contributed by atoms with van der Waals surface area (Å²) in [5.74, 6) is 0.665. The first-order valence-corrected chi connectivity index (χ1v) is 6.61. The van der Waals surface area contributed by atoms with Crippen molar-refractivity contribution < 1.29 is 13.9 Å². The van der Waals surface area contributed by atoms with Gasteiger partial charge in [0.15, 0.2) is 0 Å². The maximum absolute atomic E-state index is 11.4. The van der Waals surface area contributed by atoms with E-state index in [1.165, 1.54) is 13.5 Å². The Bertz CT molecular complexity index is 442. The van der Waals surface area contributed by atoms with Gasteiger partial charge in [0.25, 0.3) is 0 Å². The molecule has 0 saturated carbocycles. The Morgan fingerprint density at radius 1 is 1.53 bits per heavy atom. The van der Waals surface area contributed by atoms with Gasteiger partial charge < -0.3 is 14.1 Å². The third-order valence-corrected chi connectivity index (χ3v) is 3.90. The lowest BCUT2D eigenvalue weighted by Gasteiger charge is -2.24. The monoisotopic (exact) mass is 266 g/mol. The molecular weight excluding hydrogens is 244 g/mol. The molecular formula is C14H22N2O3. The lowest BCUT2D eigenvalue weighted by atomic mass is 10.2. The molecule has 1 aliphatic heterocycles. The first kappa shape index (κ1) is 14.1. The van der Waals surface area contributed by atoms with Crippen LogP contribution < -0.4 is 0 Å². The molecule has 0 radical (unpaired) electrons. The van der Waals surface area contributed by atoms with Crippen LogP contribution in [-0.4, -0.2) is 56.1 Å². The first-order chi connectivity index (χ1) is 9.02. The molecule has 0 aromatic carbocycles. The van der Waals surface area contributed by atoms with Crippen LogP contribution in [0, 0.1) is 0 Å². The standard InChI is InChI=1S/C14H22N2O3/c1-10(16-8-7-11(9-16)15(2)3)12-5-6-13(19-12)14(17)18-4/h5-6,10-11H,7-9H2,1-4H3. The van der Waals surface area contributed by atoms with Crippen molar-refractivity contribution in [1.82, 2.24) is 9.80 Å². The third-order valence-electron chi connectivity index (χ3n) is 3.90. The van der Waals surface area contributed by atoms with Crippen molar-refractivity contribution in [2.45, 2.75) is 25.4 Å². The normalized spacial score (nSPS) is 21.8. The van der Waals surface area contributed by atoms with Gasteiger partial charge in [0.05, 0.1) is 13.2 Å². The average Bonchev–Trinajstić information content (AvgIpc) is 3.05. The van der Waals surface area contributed by atoms with E-state index in [0.29, 0.717) is 6.04 Å². The Morgan fingerprint density at radius 2 is 2.26 bits per heavy atom. The number of rotatable bonds is 4. The largest absolute Gasteiger partial charge is 0.463 e. The molecule has 2 rings (SSSR count). The number of nitrogens with zero attached hydrogens (tertiary/aromatic N) is 2. The van der Waals surface area contributed by atoms with Crippen molar-refractivity contribution >= 4 is 5.97 Å². The van der Waals surface area contributed by atoms with Gasteiger partial charge in [0.2, 0.25) is 5.76 Å². The number of hydrogen-bond donors (Lipinski definition) is 0. The van der Waals surface area contributed by atoms with E-state index in [0.717, 1.165) is 18.8 Å². The average molecular weight is 266 g/mol. The summed E-state index contributed by atoms with van der Waals surface area (Å²) >= 11 is 0. The van der Waals surface area contributed by atoms with Crippen molar-refractivity contribution in [2.24, 2.45) is 0 Å². The summed E-state index contributed by atoms with van der Waals surface area (Å²) in [6, 6.07) is 4.32. The molecule has 0 bridgehead atoms. The number of likely N-dealkylation sites (N-methyl/N-ethyl adjacent to an activating group) is 1. The molecule has 0 aliphatic carbocycles. The molecule has 0 amide bonds. The molecule has 0 N–H and O–H groups in total. The van der Waals surface area contributed by atoms with Crippen LogP contribution in [0.4, 0.5) is 0 Å². The highest BCUT2D eigenvalue weighted by Crippen LogP contribution is 2.27. The van der Waals surface area contributed by atoms with E-state index in [9.17, 15) is 4.79 Å². The number of esters is 1. The van der Waals surface area contributed by atoms with Crippen molar-refractivity contribution in [3.8, 4) is 0 Å². The van der Waals surface area contributed by atoms with E-state index in [1.54, 1.807) is 6.07 Å². The van der Waals surface area contributed by atoms with Crippen LogP contribution in [0.5, 0.6) is 0 Å². The fourth-order valence-corrected chi connectivity index (χ4v) is 2.51. The minimum absolute atomic E-state index is 0.184. The second kappa shape index (κ2) is 5.75. The lowest BCUT2D eigenvalue weighted by molar-refractivity contribution is 0.0559. The van der Waals surface area contributed by atoms with Gasteiger partial charge in [-0.25, -0.2) is 4.79 Å². The maximum Gasteiger partial charge on any atom is 0.373 e. The van der Waals surface area contributed by atoms with Crippen LogP contribution in [-0.2, 0) is 4.74 Å². The van der Waals surface area contributed by atoms with Crippen LogP contribution in [0.15, 0.2) is 16.5 Å². The van der Waals surface area contributed by atoms with Crippen LogP contribution in [0.25, 0.3) is 0 Å². The summed E-state index contributed by atoms with van der Waals surface area (Å²) in [6.07, 6.45) is 1.17. The summed E-state index contributed by atoms with van der Waals surface area (Å²) in [4.78, 5) is 16.0. The van der Waals surface area contributed by atoms with Gasteiger partial charge in [-0.05, 0) is 39.6 Å². The third kappa shape index (κ3) is 2.98. The predicted molar refractivity (Wildman–Crippen MR) is 72.1 cm³/mol. The fourth-order valence-electron chi connectivity index (χ4n) is 2.51. The number of ether oxygens (including phenoxy) is 1. The quantitative estimate of drug-likeness (QED) is 0.777. The van der Waals surface area contributed by atoms with Crippen LogP contribution in [0.2, 0.25) is 0 Å². The SMILES string of the molecule is COC(=O)c1ccc(C(C)N2CCC(N(C)C)C2)o1. The van der Waals surface area contributed by atoms with Crippen molar-refractivity contribution in [1.29, 1.82) is 0 Å². The van der Waals surface area contributed by atoms with Gasteiger partial charge in [-0.15, -0.1) is 0 Å². The van der Waals surface area contributed by atoms with Gasteiger partial charge in [0.1, 0.15) is 5.76 Å². The molecule has 2 unspecified atom stereocenters. The highest BCUT2D eigenvalue weighted by Gasteiger charge is 2.29. The van der Waals surface area contributed by atoms with Gasteiger partial charge >= 0.3 is 5.97 Å². The van der Waals surface area contributed by atoms with Crippen LogP contribution >= 0.6 is 0 Å². The van der Waals surface area contributed by atoms with E-state index >= 15 is 0 Å². The number of furan rings is 1. The van der Waals surface area contributed by atoms with Gasteiger partial charge in [-0.3, -0.25) is 4.90 Å². The van der Waals surface area contributed by atoms with Crippen LogP contribution in [0.1, 0.15) is 35.7 Å². The van der Waals surface area contributed by atoms with Crippen LogP contribution in [0.3, 0.4) is 0 Å². The van der Waals surface area contributed by atoms with Crippen molar-refractivity contribution in [3.05, 3.63) is 23.7 Å². The summed E-state index contributed by atoms with van der Waals surface area (Å²) in [5.41, 5.74) is 0. The second-order valence-electron chi connectivity index (χ2n) is 5.27. The number of likely N-dealkylation sites (tertiary alicyclic amines) is 1. The molecule has 1 aromatic rings. The maximum atomic E-state index is 11.4. The molecule has 2 heterocycles.